The fourth-order valence-electron chi connectivity index (χ4n) is 0.418. The number of hydrogen-bond acceptors (Lipinski definition) is 5. The van der Waals surface area contributed by atoms with Crippen LogP contribution in [0.4, 0.5) is 0 Å². The van der Waals surface area contributed by atoms with Crippen LogP contribution in [0.1, 0.15) is 0 Å². The SMILES string of the molecule is CSCON=[N+]([O-])N(C)CCO. The summed E-state index contributed by atoms with van der Waals surface area (Å²) >= 11 is 1.42. The number of hydrogen-bond donors (Lipinski definition) is 1. The zero-order valence-corrected chi connectivity index (χ0v) is 7.95. The lowest BCUT2D eigenvalue weighted by Crippen LogP contribution is -2.29. The lowest BCUT2D eigenvalue weighted by molar-refractivity contribution is -0.705. The topological polar surface area (TPSA) is 71.1 Å². The Morgan fingerprint density at radius 1 is 1.75 bits per heavy atom. The number of nitrogens with zero attached hydrogens (tertiary/aromatic N) is 3. The molecule has 72 valence electrons. The van der Waals surface area contributed by atoms with Gasteiger partial charge in [0.05, 0.1) is 25.2 Å². The molecule has 7 heteroatoms. The molecule has 0 spiro atoms. The van der Waals surface area contributed by atoms with E-state index in [4.69, 9.17) is 5.11 Å². The Balaban J connectivity index is 3.65. The fraction of sp³-hybridized carbons (Fsp3) is 1.00. The standard InChI is InChI=1S/C5H13N3O3S/c1-7(3-4-9)8(10)6-11-5-12-2/h9H,3-5H2,1-2H3. The Labute approximate surface area is 75.3 Å². The van der Waals surface area contributed by atoms with Gasteiger partial charge in [-0.15, -0.1) is 16.8 Å². The van der Waals surface area contributed by atoms with Gasteiger partial charge in [0.15, 0.2) is 5.94 Å². The van der Waals surface area contributed by atoms with E-state index in [9.17, 15) is 5.21 Å². The molecule has 0 aromatic carbocycles. The van der Waals surface area contributed by atoms with E-state index in [0.29, 0.717) is 10.9 Å². The molecule has 12 heavy (non-hydrogen) atoms. The molecule has 0 fully saturated rings. The number of aliphatic hydroxyl groups excluding tert-OH is 1. The smallest absolute Gasteiger partial charge is 0.234 e. The summed E-state index contributed by atoms with van der Waals surface area (Å²) in [6, 6.07) is 0. The Morgan fingerprint density at radius 2 is 2.42 bits per heavy atom. The van der Waals surface area contributed by atoms with Crippen LogP contribution in [0.2, 0.25) is 0 Å². The van der Waals surface area contributed by atoms with Gasteiger partial charge in [-0.05, 0) is 6.26 Å². The first-order chi connectivity index (χ1) is 5.72. The highest BCUT2D eigenvalue weighted by molar-refractivity contribution is 7.98. The van der Waals surface area contributed by atoms with Crippen LogP contribution in [0.5, 0.6) is 0 Å². The minimum Gasteiger partial charge on any atom is -0.569 e. The number of hydrazine groups is 1. The largest absolute Gasteiger partial charge is 0.569 e. The molecule has 0 atom stereocenters. The van der Waals surface area contributed by atoms with Crippen molar-refractivity contribution >= 4 is 11.8 Å². The second-order valence-electron chi connectivity index (χ2n) is 1.97. The molecule has 0 saturated heterocycles. The van der Waals surface area contributed by atoms with Gasteiger partial charge in [-0.1, -0.05) is 0 Å². The molecule has 0 aromatic heterocycles. The Kier molecular flexibility index (Phi) is 6.58. The molecule has 0 saturated carbocycles. The monoisotopic (exact) mass is 195 g/mol. The van der Waals surface area contributed by atoms with Crippen molar-refractivity contribution in [1.82, 2.24) is 5.01 Å². The molecule has 0 aromatic rings. The van der Waals surface area contributed by atoms with E-state index in [0.717, 1.165) is 0 Å². The van der Waals surface area contributed by atoms with Gasteiger partial charge in [0.2, 0.25) is 5.28 Å². The van der Waals surface area contributed by atoms with Crippen LogP contribution in [0.15, 0.2) is 5.28 Å². The average molecular weight is 195 g/mol. The van der Waals surface area contributed by atoms with Gasteiger partial charge in [0.25, 0.3) is 0 Å². The van der Waals surface area contributed by atoms with Crippen molar-refractivity contribution in [1.29, 1.82) is 0 Å². The third-order valence-corrected chi connectivity index (χ3v) is 1.35. The van der Waals surface area contributed by atoms with Crippen molar-refractivity contribution in [3.63, 3.8) is 0 Å². The molecular weight excluding hydrogens is 182 g/mol. The highest BCUT2D eigenvalue weighted by Crippen LogP contribution is 1.93. The number of rotatable bonds is 6. The van der Waals surface area contributed by atoms with Gasteiger partial charge in [-0.2, -0.15) is 0 Å². The van der Waals surface area contributed by atoms with Crippen LogP contribution >= 0.6 is 11.8 Å². The maximum atomic E-state index is 10.8. The van der Waals surface area contributed by atoms with Crippen molar-refractivity contribution in [3.05, 3.63) is 5.21 Å². The number of aliphatic hydroxyl groups is 1. The van der Waals surface area contributed by atoms with E-state index >= 15 is 0 Å². The quantitative estimate of drug-likeness (QED) is 0.213. The second kappa shape index (κ2) is 6.99. The minimum absolute atomic E-state index is 0.0900. The van der Waals surface area contributed by atoms with Crippen molar-refractivity contribution in [2.45, 2.75) is 0 Å². The zero-order chi connectivity index (χ0) is 9.40. The van der Waals surface area contributed by atoms with Crippen LogP contribution < -0.4 is 0 Å². The zero-order valence-electron chi connectivity index (χ0n) is 7.13. The van der Waals surface area contributed by atoms with Gasteiger partial charge in [-0.3, -0.25) is 0 Å². The summed E-state index contributed by atoms with van der Waals surface area (Å²) in [6.07, 6.45) is 1.84. The van der Waals surface area contributed by atoms with Gasteiger partial charge < -0.3 is 15.2 Å². The van der Waals surface area contributed by atoms with Crippen molar-refractivity contribution in [2.75, 3.05) is 32.4 Å². The van der Waals surface area contributed by atoms with Crippen molar-refractivity contribution < 1.29 is 14.9 Å². The first kappa shape index (κ1) is 11.3. The van der Waals surface area contributed by atoms with E-state index < -0.39 is 0 Å². The number of thioether (sulfide) groups is 1. The van der Waals surface area contributed by atoms with Crippen LogP contribution in [0.25, 0.3) is 0 Å². The maximum Gasteiger partial charge on any atom is 0.234 e. The third kappa shape index (κ3) is 5.03. The summed E-state index contributed by atoms with van der Waals surface area (Å²) in [5.74, 6) is 0.339. The highest BCUT2D eigenvalue weighted by Gasteiger charge is 2.03. The summed E-state index contributed by atoms with van der Waals surface area (Å²) in [5.41, 5.74) is 0. The van der Waals surface area contributed by atoms with E-state index in [-0.39, 0.29) is 13.2 Å². The lowest BCUT2D eigenvalue weighted by Gasteiger charge is -2.10. The second-order valence-corrected chi connectivity index (χ2v) is 2.79. The maximum absolute atomic E-state index is 10.8. The van der Waals surface area contributed by atoms with Crippen molar-refractivity contribution in [2.24, 2.45) is 5.28 Å². The fourth-order valence-corrected chi connectivity index (χ4v) is 0.571. The molecule has 0 aliphatic rings. The summed E-state index contributed by atoms with van der Waals surface area (Å²) in [7, 11) is 1.51. The summed E-state index contributed by atoms with van der Waals surface area (Å²) in [6.45, 7) is 0.142. The first-order valence-electron chi connectivity index (χ1n) is 3.33. The van der Waals surface area contributed by atoms with E-state index in [2.05, 4.69) is 10.1 Å². The summed E-state index contributed by atoms with van der Waals surface area (Å²) in [5, 5.41) is 23.7. The number of likely N-dealkylation sites (N-methyl/N-ethyl adjacent to an activating group) is 1. The van der Waals surface area contributed by atoms with Crippen LogP contribution in [0, 0.1) is 5.21 Å². The molecule has 0 radical (unpaired) electrons. The molecule has 0 heterocycles. The lowest BCUT2D eigenvalue weighted by atomic mass is 10.7. The third-order valence-electron chi connectivity index (χ3n) is 1.01. The normalized spacial score (nSPS) is 11.4. The average Bonchev–Trinajstić information content (AvgIpc) is 2.05. The Hall–Kier alpha value is -0.690. The molecule has 0 unspecified atom stereocenters. The van der Waals surface area contributed by atoms with Gasteiger partial charge >= 0.3 is 0 Å². The Bertz CT molecular complexity index is 144. The van der Waals surface area contributed by atoms with Crippen molar-refractivity contribution in [3.8, 4) is 0 Å². The molecule has 1 N–H and O–H groups in total. The molecular formula is C5H13N3O3S. The molecule has 0 amide bonds. The molecule has 6 nitrogen and oxygen atoms in total. The van der Waals surface area contributed by atoms with Gasteiger partial charge in [0, 0.05) is 0 Å². The van der Waals surface area contributed by atoms with Crippen LogP contribution in [-0.2, 0) is 4.84 Å². The summed E-state index contributed by atoms with van der Waals surface area (Å²) < 4.78 is 0. The molecule has 0 rings (SSSR count). The summed E-state index contributed by atoms with van der Waals surface area (Å²) in [4.78, 5) is 4.89. The van der Waals surface area contributed by atoms with Gasteiger partial charge in [-0.25, -0.2) is 0 Å². The molecule has 0 aliphatic heterocycles. The Morgan fingerprint density at radius 3 is 2.92 bits per heavy atom. The van der Waals surface area contributed by atoms with E-state index in [1.165, 1.54) is 23.8 Å². The predicted octanol–water partition coefficient (Wildman–Crippen LogP) is 0.0401. The predicted molar refractivity (Wildman–Crippen MR) is 45.2 cm³/mol. The van der Waals surface area contributed by atoms with E-state index in [1.807, 2.05) is 6.26 Å². The minimum atomic E-state index is -0.0900. The highest BCUT2D eigenvalue weighted by atomic mass is 32.2. The van der Waals surface area contributed by atoms with E-state index in [1.54, 1.807) is 0 Å². The first-order valence-corrected chi connectivity index (χ1v) is 4.72. The molecule has 0 bridgehead atoms. The van der Waals surface area contributed by atoms with Crippen LogP contribution in [0.3, 0.4) is 0 Å². The van der Waals surface area contributed by atoms with Gasteiger partial charge in [0.1, 0.15) is 0 Å². The van der Waals surface area contributed by atoms with Crippen LogP contribution in [-0.4, -0.2) is 47.5 Å². The molecule has 0 aliphatic carbocycles.